The molecule has 0 amide bonds. The number of nitrogens with one attached hydrogen (secondary N) is 2. The number of fused-ring (bicyclic) bond motifs is 1. The van der Waals surface area contributed by atoms with Crippen molar-refractivity contribution in [1.29, 1.82) is 0 Å². The fourth-order valence-corrected chi connectivity index (χ4v) is 5.49. The zero-order chi connectivity index (χ0) is 25.1. The van der Waals surface area contributed by atoms with Crippen LogP contribution in [0.5, 0.6) is 0 Å². The van der Waals surface area contributed by atoms with E-state index >= 15 is 0 Å². The Morgan fingerprint density at radius 1 is 1.14 bits per heavy atom. The summed E-state index contributed by atoms with van der Waals surface area (Å²) >= 11 is 6.84. The number of aromatic nitrogens is 2. The Morgan fingerprint density at radius 3 is 2.57 bits per heavy atom. The first kappa shape index (κ1) is 25.1. The zero-order valence-electron chi connectivity index (χ0n) is 18.7. The SMILES string of the molecule is CCOC(=O)c1c(NC(=S)Nc2ccn(Cc3c(F)c(F)cc(F)c3F)n2)sc2c1CCCCC2. The third kappa shape index (κ3) is 5.48. The Bertz CT molecular complexity index is 1250. The Kier molecular flexibility index (Phi) is 7.70. The normalized spacial score (nSPS) is 13.2. The van der Waals surface area contributed by atoms with Crippen molar-refractivity contribution in [3.05, 3.63) is 63.2 Å². The Labute approximate surface area is 208 Å². The van der Waals surface area contributed by atoms with Crippen LogP contribution in [0, 0.1) is 23.3 Å². The fraction of sp³-hybridized carbons (Fsp3) is 0.348. The van der Waals surface area contributed by atoms with Crippen LogP contribution >= 0.6 is 23.6 Å². The number of ether oxygens (including phenoxy) is 1. The molecular formula is C23H22F4N4O2S2. The number of carbonyl (C=O) groups is 1. The predicted octanol–water partition coefficient (Wildman–Crippen LogP) is 5.80. The molecule has 1 aromatic carbocycles. The molecular weight excluding hydrogens is 504 g/mol. The van der Waals surface area contributed by atoms with Crippen LogP contribution in [0.2, 0.25) is 0 Å². The minimum Gasteiger partial charge on any atom is -0.462 e. The molecule has 0 spiro atoms. The molecule has 1 aliphatic rings. The van der Waals surface area contributed by atoms with Gasteiger partial charge in [0, 0.05) is 23.2 Å². The van der Waals surface area contributed by atoms with Crippen molar-refractivity contribution in [1.82, 2.24) is 9.78 Å². The second-order valence-corrected chi connectivity index (χ2v) is 9.43. The lowest BCUT2D eigenvalue weighted by atomic mass is 10.1. The predicted molar refractivity (Wildman–Crippen MR) is 129 cm³/mol. The number of carbonyl (C=O) groups excluding carboxylic acids is 1. The molecule has 0 radical (unpaired) electrons. The van der Waals surface area contributed by atoms with Gasteiger partial charge in [0.2, 0.25) is 0 Å². The summed E-state index contributed by atoms with van der Waals surface area (Å²) in [5.74, 6) is -6.10. The third-order valence-corrected chi connectivity index (χ3v) is 6.94. The monoisotopic (exact) mass is 526 g/mol. The van der Waals surface area contributed by atoms with Gasteiger partial charge >= 0.3 is 5.97 Å². The van der Waals surface area contributed by atoms with E-state index in [1.165, 1.54) is 23.6 Å². The van der Waals surface area contributed by atoms with Gasteiger partial charge in [0.25, 0.3) is 0 Å². The van der Waals surface area contributed by atoms with Crippen LogP contribution in [0.25, 0.3) is 0 Å². The lowest BCUT2D eigenvalue weighted by molar-refractivity contribution is 0.0527. The first-order valence-electron chi connectivity index (χ1n) is 11.0. The van der Waals surface area contributed by atoms with E-state index in [1.807, 2.05) is 0 Å². The number of thiophene rings is 1. The maximum atomic E-state index is 14.0. The molecule has 186 valence electrons. The number of esters is 1. The minimum absolute atomic E-state index is 0.145. The second-order valence-electron chi connectivity index (χ2n) is 7.91. The van der Waals surface area contributed by atoms with Crippen LogP contribution in [0.15, 0.2) is 18.3 Å². The van der Waals surface area contributed by atoms with Crippen LogP contribution in [-0.4, -0.2) is 27.5 Å². The average Bonchev–Trinajstić information content (AvgIpc) is 3.31. The molecule has 12 heteroatoms. The maximum Gasteiger partial charge on any atom is 0.341 e. The molecule has 0 saturated carbocycles. The summed E-state index contributed by atoms with van der Waals surface area (Å²) in [6.45, 7) is 1.47. The standard InChI is InChI=1S/C23H22F4N4O2S2/c1-2-33-22(32)18-12-6-4-3-5-7-16(12)35-21(18)29-23(34)28-17-8-9-31(30-17)11-13-19(26)14(24)10-15(25)20(13)27/h8-10H,2-7,11H2,1H3,(H2,28,29,30,34). The van der Waals surface area contributed by atoms with E-state index in [0.717, 1.165) is 47.2 Å². The summed E-state index contributed by atoms with van der Waals surface area (Å²) in [6.07, 6.45) is 6.19. The van der Waals surface area contributed by atoms with Gasteiger partial charge in [-0.3, -0.25) is 4.68 Å². The van der Waals surface area contributed by atoms with Gasteiger partial charge in [-0.25, -0.2) is 22.4 Å². The van der Waals surface area contributed by atoms with Crippen LogP contribution in [0.4, 0.5) is 28.4 Å². The van der Waals surface area contributed by atoms with E-state index in [2.05, 4.69) is 15.7 Å². The van der Waals surface area contributed by atoms with Gasteiger partial charge in [0.1, 0.15) is 5.00 Å². The molecule has 0 unspecified atom stereocenters. The summed E-state index contributed by atoms with van der Waals surface area (Å²) < 4.78 is 61.2. The molecule has 0 saturated heterocycles. The van der Waals surface area contributed by atoms with Gasteiger partial charge in [-0.15, -0.1) is 11.3 Å². The van der Waals surface area contributed by atoms with Crippen molar-refractivity contribution < 1.29 is 27.1 Å². The molecule has 2 heterocycles. The summed E-state index contributed by atoms with van der Waals surface area (Å²) in [4.78, 5) is 13.8. The first-order valence-corrected chi connectivity index (χ1v) is 12.3. The summed E-state index contributed by atoms with van der Waals surface area (Å²) in [5, 5.41) is 10.7. The molecule has 3 aromatic rings. The molecule has 2 N–H and O–H groups in total. The van der Waals surface area contributed by atoms with Crippen molar-refractivity contribution in [3.8, 4) is 0 Å². The number of aryl methyl sites for hydroxylation is 1. The molecule has 0 atom stereocenters. The van der Waals surface area contributed by atoms with E-state index in [-0.39, 0.29) is 23.6 Å². The molecule has 1 aliphatic carbocycles. The number of anilines is 2. The number of rotatable bonds is 6. The summed E-state index contributed by atoms with van der Waals surface area (Å²) in [6, 6.07) is 1.64. The van der Waals surface area contributed by atoms with Crippen LogP contribution in [-0.2, 0) is 24.1 Å². The van der Waals surface area contributed by atoms with Gasteiger partial charge in [0.05, 0.1) is 24.3 Å². The van der Waals surface area contributed by atoms with Crippen LogP contribution in [0.1, 0.15) is 52.5 Å². The van der Waals surface area contributed by atoms with Crippen molar-refractivity contribution in [3.63, 3.8) is 0 Å². The maximum absolute atomic E-state index is 14.0. The van der Waals surface area contributed by atoms with Gasteiger partial charge in [-0.2, -0.15) is 5.10 Å². The number of thiocarbonyl (C=S) groups is 1. The lowest BCUT2D eigenvalue weighted by Gasteiger charge is -2.10. The highest BCUT2D eigenvalue weighted by Crippen LogP contribution is 2.38. The lowest BCUT2D eigenvalue weighted by Crippen LogP contribution is -2.21. The van der Waals surface area contributed by atoms with Gasteiger partial charge < -0.3 is 15.4 Å². The average molecular weight is 527 g/mol. The van der Waals surface area contributed by atoms with Crippen molar-refractivity contribution in [2.75, 3.05) is 17.2 Å². The van der Waals surface area contributed by atoms with Crippen LogP contribution in [0.3, 0.4) is 0 Å². The van der Waals surface area contributed by atoms with E-state index in [9.17, 15) is 22.4 Å². The van der Waals surface area contributed by atoms with Gasteiger partial charge in [0.15, 0.2) is 34.2 Å². The number of halogens is 4. The van der Waals surface area contributed by atoms with E-state index in [1.54, 1.807) is 6.92 Å². The Morgan fingerprint density at radius 2 is 1.86 bits per heavy atom. The molecule has 35 heavy (non-hydrogen) atoms. The van der Waals surface area contributed by atoms with Gasteiger partial charge in [-0.05, 0) is 50.4 Å². The number of hydrogen-bond acceptors (Lipinski definition) is 5. The number of hydrogen-bond donors (Lipinski definition) is 2. The highest BCUT2D eigenvalue weighted by atomic mass is 32.1. The second kappa shape index (κ2) is 10.7. The largest absolute Gasteiger partial charge is 0.462 e. The van der Waals surface area contributed by atoms with E-state index in [4.69, 9.17) is 17.0 Å². The Hall–Kier alpha value is -2.99. The molecule has 2 aromatic heterocycles. The summed E-state index contributed by atoms with van der Waals surface area (Å²) in [7, 11) is 0. The molecule has 4 rings (SSSR count). The molecule has 0 bridgehead atoms. The first-order chi connectivity index (χ1) is 16.8. The zero-order valence-corrected chi connectivity index (χ0v) is 20.4. The van der Waals surface area contributed by atoms with E-state index < -0.39 is 41.3 Å². The van der Waals surface area contributed by atoms with E-state index in [0.29, 0.717) is 10.6 Å². The quantitative estimate of drug-likeness (QED) is 0.139. The molecule has 0 fully saturated rings. The molecule has 6 nitrogen and oxygen atoms in total. The summed E-state index contributed by atoms with van der Waals surface area (Å²) in [5.41, 5.74) is 0.700. The number of benzene rings is 1. The highest BCUT2D eigenvalue weighted by Gasteiger charge is 2.26. The third-order valence-electron chi connectivity index (χ3n) is 5.53. The van der Waals surface area contributed by atoms with Crippen molar-refractivity contribution >= 4 is 45.5 Å². The highest BCUT2D eigenvalue weighted by molar-refractivity contribution is 7.80. The topological polar surface area (TPSA) is 68.2 Å². The van der Waals surface area contributed by atoms with Gasteiger partial charge in [-0.1, -0.05) is 6.42 Å². The molecule has 0 aliphatic heterocycles. The Balaban J connectivity index is 1.49. The fourth-order valence-electron chi connectivity index (χ4n) is 3.94. The smallest absolute Gasteiger partial charge is 0.341 e. The minimum atomic E-state index is -1.48. The van der Waals surface area contributed by atoms with Crippen LogP contribution < -0.4 is 10.6 Å². The van der Waals surface area contributed by atoms with Crippen molar-refractivity contribution in [2.24, 2.45) is 0 Å². The number of nitrogens with zero attached hydrogens (tertiary/aromatic N) is 2. The van der Waals surface area contributed by atoms with Crippen molar-refractivity contribution in [2.45, 2.75) is 45.6 Å².